The van der Waals surface area contributed by atoms with Crippen molar-refractivity contribution in [1.29, 1.82) is 0 Å². The summed E-state index contributed by atoms with van der Waals surface area (Å²) in [5.41, 5.74) is 0.533. The zero-order chi connectivity index (χ0) is 17.5. The zero-order valence-corrected chi connectivity index (χ0v) is 14.8. The minimum Gasteiger partial charge on any atom is -0.444 e. The maximum absolute atomic E-state index is 13.6. The van der Waals surface area contributed by atoms with Crippen molar-refractivity contribution in [2.24, 2.45) is 0 Å². The molecule has 1 amide bonds. The van der Waals surface area contributed by atoms with Gasteiger partial charge in [0.05, 0.1) is 11.4 Å². The van der Waals surface area contributed by atoms with Crippen LogP contribution in [0.25, 0.3) is 0 Å². The molecule has 0 aromatic heterocycles. The lowest BCUT2D eigenvalue weighted by Gasteiger charge is -2.23. The van der Waals surface area contributed by atoms with Crippen molar-refractivity contribution in [1.82, 2.24) is 0 Å². The SMILES string of the molecule is CCCC(CCC)Nc1cc(F)ccc1NC(=O)OC(C)(C)C. The third-order valence-corrected chi connectivity index (χ3v) is 3.25. The first-order chi connectivity index (χ1) is 10.7. The van der Waals surface area contributed by atoms with E-state index >= 15 is 0 Å². The molecule has 0 bridgehead atoms. The Balaban J connectivity index is 2.89. The summed E-state index contributed by atoms with van der Waals surface area (Å²) in [6.45, 7) is 9.64. The number of ether oxygens (including phenoxy) is 1. The Kier molecular flexibility index (Phi) is 7.33. The van der Waals surface area contributed by atoms with Gasteiger partial charge < -0.3 is 10.1 Å². The van der Waals surface area contributed by atoms with Crippen molar-refractivity contribution in [2.75, 3.05) is 10.6 Å². The number of carbonyl (C=O) groups excluding carboxylic acids is 1. The van der Waals surface area contributed by atoms with Crippen LogP contribution in [-0.4, -0.2) is 17.7 Å². The van der Waals surface area contributed by atoms with E-state index in [1.165, 1.54) is 12.1 Å². The van der Waals surface area contributed by atoms with Crippen molar-refractivity contribution in [2.45, 2.75) is 71.9 Å². The molecule has 0 aliphatic rings. The van der Waals surface area contributed by atoms with Gasteiger partial charge in [-0.2, -0.15) is 0 Å². The van der Waals surface area contributed by atoms with Crippen molar-refractivity contribution < 1.29 is 13.9 Å². The quantitative estimate of drug-likeness (QED) is 0.691. The number of amides is 1. The van der Waals surface area contributed by atoms with Crippen LogP contribution in [0.2, 0.25) is 0 Å². The van der Waals surface area contributed by atoms with Gasteiger partial charge in [-0.05, 0) is 51.8 Å². The lowest BCUT2D eigenvalue weighted by molar-refractivity contribution is 0.0636. The fourth-order valence-corrected chi connectivity index (χ4v) is 2.36. The lowest BCUT2D eigenvalue weighted by Crippen LogP contribution is -2.28. The van der Waals surface area contributed by atoms with Crippen LogP contribution in [0.3, 0.4) is 0 Å². The number of hydrogen-bond acceptors (Lipinski definition) is 3. The summed E-state index contributed by atoms with van der Waals surface area (Å²) in [6, 6.07) is 4.54. The van der Waals surface area contributed by atoms with Crippen molar-refractivity contribution in [3.8, 4) is 0 Å². The van der Waals surface area contributed by atoms with Crippen molar-refractivity contribution >= 4 is 17.5 Å². The number of halogens is 1. The number of nitrogens with one attached hydrogen (secondary N) is 2. The average molecular weight is 324 g/mol. The standard InChI is InChI=1S/C18H29FN2O2/c1-6-8-14(9-7-2)20-16-12-13(19)10-11-15(16)21-17(22)23-18(3,4)5/h10-12,14,20H,6-9H2,1-5H3,(H,21,22). The van der Waals surface area contributed by atoms with E-state index in [2.05, 4.69) is 24.5 Å². The highest BCUT2D eigenvalue weighted by molar-refractivity contribution is 5.89. The van der Waals surface area contributed by atoms with Gasteiger partial charge in [0.25, 0.3) is 0 Å². The number of rotatable bonds is 7. The Bertz CT molecular complexity index is 506. The Hall–Kier alpha value is -1.78. The third kappa shape index (κ3) is 7.35. The van der Waals surface area contributed by atoms with Crippen LogP contribution in [0.1, 0.15) is 60.3 Å². The van der Waals surface area contributed by atoms with E-state index in [1.807, 2.05) is 0 Å². The Morgan fingerprint density at radius 2 is 1.78 bits per heavy atom. The monoisotopic (exact) mass is 324 g/mol. The summed E-state index contributed by atoms with van der Waals surface area (Å²) in [6.07, 6.45) is 3.53. The molecule has 1 aromatic carbocycles. The highest BCUT2D eigenvalue weighted by atomic mass is 19.1. The Morgan fingerprint density at radius 1 is 1.17 bits per heavy atom. The molecule has 23 heavy (non-hydrogen) atoms. The molecular formula is C18H29FN2O2. The number of anilines is 2. The average Bonchev–Trinajstić information content (AvgIpc) is 2.40. The predicted octanol–water partition coefficient (Wildman–Crippen LogP) is 5.55. The van der Waals surface area contributed by atoms with Gasteiger partial charge in [0.2, 0.25) is 0 Å². The van der Waals surface area contributed by atoms with Gasteiger partial charge in [-0.25, -0.2) is 9.18 Å². The van der Waals surface area contributed by atoms with Crippen LogP contribution in [0.5, 0.6) is 0 Å². The summed E-state index contributed by atoms with van der Waals surface area (Å²) >= 11 is 0. The van der Waals surface area contributed by atoms with E-state index in [0.717, 1.165) is 25.7 Å². The van der Waals surface area contributed by atoms with Gasteiger partial charge in [0.1, 0.15) is 11.4 Å². The first-order valence-corrected chi connectivity index (χ1v) is 8.31. The summed E-state index contributed by atoms with van der Waals surface area (Å²) < 4.78 is 18.8. The molecule has 2 N–H and O–H groups in total. The highest BCUT2D eigenvalue weighted by Gasteiger charge is 2.18. The molecule has 0 fully saturated rings. The molecule has 0 heterocycles. The van der Waals surface area contributed by atoms with Crippen molar-refractivity contribution in [3.05, 3.63) is 24.0 Å². The fraction of sp³-hybridized carbons (Fsp3) is 0.611. The molecule has 0 spiro atoms. The Labute approximate surface area is 138 Å². The summed E-state index contributed by atoms with van der Waals surface area (Å²) in [4.78, 5) is 11.9. The van der Waals surface area contributed by atoms with E-state index in [-0.39, 0.29) is 11.9 Å². The van der Waals surface area contributed by atoms with Crippen LogP contribution < -0.4 is 10.6 Å². The van der Waals surface area contributed by atoms with E-state index < -0.39 is 11.7 Å². The molecule has 4 nitrogen and oxygen atoms in total. The summed E-state index contributed by atoms with van der Waals surface area (Å²) in [5.74, 6) is -0.339. The molecule has 0 radical (unpaired) electrons. The van der Waals surface area contributed by atoms with Gasteiger partial charge in [-0.1, -0.05) is 26.7 Å². The largest absolute Gasteiger partial charge is 0.444 e. The second-order valence-corrected chi connectivity index (χ2v) is 6.74. The minimum absolute atomic E-state index is 0.256. The number of carbonyl (C=O) groups is 1. The van der Waals surface area contributed by atoms with Crippen molar-refractivity contribution in [3.63, 3.8) is 0 Å². The van der Waals surface area contributed by atoms with Crippen LogP contribution in [-0.2, 0) is 4.74 Å². The first-order valence-electron chi connectivity index (χ1n) is 8.31. The fourth-order valence-electron chi connectivity index (χ4n) is 2.36. The van der Waals surface area contributed by atoms with E-state index in [0.29, 0.717) is 11.4 Å². The second kappa shape index (κ2) is 8.75. The minimum atomic E-state index is -0.579. The van der Waals surface area contributed by atoms with Gasteiger partial charge in [0.15, 0.2) is 0 Å². The van der Waals surface area contributed by atoms with Gasteiger partial charge in [-0.15, -0.1) is 0 Å². The molecule has 0 unspecified atom stereocenters. The molecule has 0 aliphatic heterocycles. The smallest absolute Gasteiger partial charge is 0.412 e. The normalized spacial score (nSPS) is 11.4. The van der Waals surface area contributed by atoms with E-state index in [4.69, 9.17) is 4.74 Å². The number of hydrogen-bond donors (Lipinski definition) is 2. The molecule has 0 saturated heterocycles. The molecule has 0 aliphatic carbocycles. The zero-order valence-electron chi connectivity index (χ0n) is 14.8. The lowest BCUT2D eigenvalue weighted by atomic mass is 10.1. The molecule has 0 saturated carbocycles. The van der Waals surface area contributed by atoms with E-state index in [9.17, 15) is 9.18 Å². The molecule has 0 atom stereocenters. The van der Waals surface area contributed by atoms with Crippen LogP contribution in [0.15, 0.2) is 18.2 Å². The molecule has 130 valence electrons. The molecule has 1 aromatic rings. The van der Waals surface area contributed by atoms with Crippen LogP contribution in [0.4, 0.5) is 20.6 Å². The van der Waals surface area contributed by atoms with E-state index in [1.54, 1.807) is 26.8 Å². The topological polar surface area (TPSA) is 50.4 Å². The van der Waals surface area contributed by atoms with Crippen LogP contribution in [0, 0.1) is 5.82 Å². The van der Waals surface area contributed by atoms with Crippen LogP contribution >= 0.6 is 0 Å². The second-order valence-electron chi connectivity index (χ2n) is 6.74. The maximum atomic E-state index is 13.6. The maximum Gasteiger partial charge on any atom is 0.412 e. The highest BCUT2D eigenvalue weighted by Crippen LogP contribution is 2.26. The first kappa shape index (κ1) is 19.3. The molecule has 5 heteroatoms. The predicted molar refractivity (Wildman–Crippen MR) is 93.5 cm³/mol. The summed E-state index contributed by atoms with van der Waals surface area (Å²) in [5, 5.41) is 6.04. The third-order valence-electron chi connectivity index (χ3n) is 3.25. The van der Waals surface area contributed by atoms with Gasteiger partial charge >= 0.3 is 6.09 Å². The molecule has 1 rings (SSSR count). The number of benzene rings is 1. The van der Waals surface area contributed by atoms with Gasteiger partial charge in [0, 0.05) is 6.04 Å². The Morgan fingerprint density at radius 3 is 2.30 bits per heavy atom. The summed E-state index contributed by atoms with van der Waals surface area (Å²) in [7, 11) is 0. The van der Waals surface area contributed by atoms with Gasteiger partial charge in [-0.3, -0.25) is 5.32 Å². The molecular weight excluding hydrogens is 295 g/mol.